The van der Waals surface area contributed by atoms with Crippen molar-refractivity contribution >= 4 is 50.3 Å². The zero-order chi connectivity index (χ0) is 23.7. The number of esters is 1. The molecule has 4 aromatic rings. The van der Waals surface area contributed by atoms with Gasteiger partial charge in [0, 0.05) is 35.8 Å². The van der Waals surface area contributed by atoms with Crippen LogP contribution in [0.3, 0.4) is 0 Å². The van der Waals surface area contributed by atoms with Crippen molar-refractivity contribution in [3.8, 4) is 0 Å². The van der Waals surface area contributed by atoms with Gasteiger partial charge in [0.25, 0.3) is 5.56 Å². The number of carbonyl (C=O) groups is 2. The Morgan fingerprint density at radius 3 is 2.76 bits per heavy atom. The molecule has 0 saturated carbocycles. The predicted octanol–water partition coefficient (Wildman–Crippen LogP) is 3.34. The second kappa shape index (κ2) is 8.87. The third kappa shape index (κ3) is 4.35. The Labute approximate surface area is 190 Å². The minimum absolute atomic E-state index is 0.190. The van der Waals surface area contributed by atoms with Crippen molar-refractivity contribution in [3.63, 3.8) is 0 Å². The minimum Gasteiger partial charge on any atom is -0.457 e. The predicted molar refractivity (Wildman–Crippen MR) is 122 cm³/mol. The van der Waals surface area contributed by atoms with Gasteiger partial charge in [-0.15, -0.1) is 11.3 Å². The number of hydrogen-bond donors (Lipinski definition) is 1. The highest BCUT2D eigenvalue weighted by Crippen LogP contribution is 2.28. The van der Waals surface area contributed by atoms with E-state index in [9.17, 15) is 19.2 Å². The van der Waals surface area contributed by atoms with Crippen LogP contribution in [0, 0.1) is 6.92 Å². The van der Waals surface area contributed by atoms with E-state index in [1.165, 1.54) is 23.0 Å². The maximum Gasteiger partial charge on any atom is 0.411 e. The van der Waals surface area contributed by atoms with E-state index >= 15 is 0 Å². The standard InChI is InChI=1S/C22H19N3O7S/c1-4-30-22(29)24-13-5-6-14-12(7-16(26)32-15(14)8-13)9-31-21(28)18-11(2)17-19(33-18)23-10-25(3)20(17)27/h5-8,10H,4,9H2,1-3H3,(H,24,29). The van der Waals surface area contributed by atoms with Gasteiger partial charge in [0.2, 0.25) is 0 Å². The molecule has 0 unspecified atom stereocenters. The first-order valence-corrected chi connectivity index (χ1v) is 10.7. The number of nitrogens with one attached hydrogen (secondary N) is 1. The molecule has 0 radical (unpaired) electrons. The van der Waals surface area contributed by atoms with Gasteiger partial charge in [-0.2, -0.15) is 0 Å². The molecule has 3 aromatic heterocycles. The third-order valence-electron chi connectivity index (χ3n) is 4.91. The van der Waals surface area contributed by atoms with Crippen molar-refractivity contribution in [2.75, 3.05) is 11.9 Å². The van der Waals surface area contributed by atoms with Crippen molar-refractivity contribution in [3.05, 3.63) is 67.4 Å². The average Bonchev–Trinajstić information content (AvgIpc) is 3.11. The highest BCUT2D eigenvalue weighted by molar-refractivity contribution is 7.20. The molecule has 0 saturated heterocycles. The lowest BCUT2D eigenvalue weighted by atomic mass is 10.1. The van der Waals surface area contributed by atoms with Crippen LogP contribution in [0.1, 0.15) is 27.7 Å². The summed E-state index contributed by atoms with van der Waals surface area (Å²) in [4.78, 5) is 53.7. The van der Waals surface area contributed by atoms with E-state index in [0.29, 0.717) is 32.4 Å². The average molecular weight is 469 g/mol. The van der Waals surface area contributed by atoms with Gasteiger partial charge in [-0.3, -0.25) is 10.1 Å². The van der Waals surface area contributed by atoms with E-state index in [2.05, 4.69) is 10.3 Å². The van der Waals surface area contributed by atoms with Crippen molar-refractivity contribution in [2.24, 2.45) is 7.05 Å². The fourth-order valence-corrected chi connectivity index (χ4v) is 4.36. The summed E-state index contributed by atoms with van der Waals surface area (Å²) in [7, 11) is 1.59. The second-order valence-corrected chi connectivity index (χ2v) is 8.12. The van der Waals surface area contributed by atoms with Gasteiger partial charge in [-0.25, -0.2) is 19.4 Å². The van der Waals surface area contributed by atoms with E-state index in [1.54, 1.807) is 33.0 Å². The molecule has 1 aromatic carbocycles. The molecule has 0 aliphatic heterocycles. The number of rotatable bonds is 5. The highest BCUT2D eigenvalue weighted by Gasteiger charge is 2.21. The molecule has 11 heteroatoms. The molecule has 170 valence electrons. The fraction of sp³-hybridized carbons (Fsp3) is 0.227. The lowest BCUT2D eigenvalue weighted by molar-refractivity contribution is 0.0479. The first kappa shape index (κ1) is 22.2. The van der Waals surface area contributed by atoms with Crippen LogP contribution in [0.15, 0.2) is 44.6 Å². The summed E-state index contributed by atoms with van der Waals surface area (Å²) >= 11 is 1.08. The van der Waals surface area contributed by atoms with Gasteiger partial charge < -0.3 is 18.5 Å². The van der Waals surface area contributed by atoms with Crippen molar-refractivity contribution in [1.82, 2.24) is 9.55 Å². The van der Waals surface area contributed by atoms with E-state index in [1.807, 2.05) is 0 Å². The van der Waals surface area contributed by atoms with Gasteiger partial charge in [0.1, 0.15) is 21.9 Å². The Morgan fingerprint density at radius 2 is 2.00 bits per heavy atom. The van der Waals surface area contributed by atoms with Gasteiger partial charge in [-0.1, -0.05) is 0 Å². The molecule has 0 aliphatic rings. The van der Waals surface area contributed by atoms with Crippen LogP contribution in [0.25, 0.3) is 21.2 Å². The smallest absolute Gasteiger partial charge is 0.411 e. The molecule has 4 rings (SSSR count). The Morgan fingerprint density at radius 1 is 1.21 bits per heavy atom. The number of thiophene rings is 1. The molecule has 1 N–H and O–H groups in total. The first-order chi connectivity index (χ1) is 15.8. The monoisotopic (exact) mass is 469 g/mol. The van der Waals surface area contributed by atoms with E-state index in [0.717, 1.165) is 11.3 Å². The van der Waals surface area contributed by atoms with Crippen LogP contribution >= 0.6 is 11.3 Å². The number of anilines is 1. The van der Waals surface area contributed by atoms with Crippen LogP contribution in [-0.4, -0.2) is 28.2 Å². The molecule has 0 atom stereocenters. The molecule has 0 fully saturated rings. The number of hydrogen-bond acceptors (Lipinski definition) is 9. The van der Waals surface area contributed by atoms with Crippen LogP contribution in [0.2, 0.25) is 0 Å². The van der Waals surface area contributed by atoms with Crippen molar-refractivity contribution < 1.29 is 23.5 Å². The lowest BCUT2D eigenvalue weighted by Crippen LogP contribution is -2.16. The molecular weight excluding hydrogens is 450 g/mol. The summed E-state index contributed by atoms with van der Waals surface area (Å²) in [6.45, 7) is 3.38. The first-order valence-electron chi connectivity index (χ1n) is 9.91. The molecule has 0 aliphatic carbocycles. The van der Waals surface area contributed by atoms with Gasteiger partial charge in [-0.05, 0) is 31.5 Å². The SMILES string of the molecule is CCOC(=O)Nc1ccc2c(COC(=O)c3sc4ncn(C)c(=O)c4c3C)cc(=O)oc2c1. The number of nitrogens with zero attached hydrogens (tertiary/aromatic N) is 2. The number of aromatic nitrogens is 2. The van der Waals surface area contributed by atoms with Crippen molar-refractivity contribution in [1.29, 1.82) is 0 Å². The summed E-state index contributed by atoms with van der Waals surface area (Å²) in [5.74, 6) is -0.625. The lowest BCUT2D eigenvalue weighted by Gasteiger charge is -2.09. The number of amides is 1. The summed E-state index contributed by atoms with van der Waals surface area (Å²) in [6.07, 6.45) is 0.767. The zero-order valence-electron chi connectivity index (χ0n) is 18.0. The van der Waals surface area contributed by atoms with Crippen LogP contribution in [0.4, 0.5) is 10.5 Å². The zero-order valence-corrected chi connectivity index (χ0v) is 18.8. The topological polar surface area (TPSA) is 130 Å². The quantitative estimate of drug-likeness (QED) is 0.348. The largest absolute Gasteiger partial charge is 0.457 e. The maximum atomic E-state index is 12.8. The maximum absolute atomic E-state index is 12.8. The van der Waals surface area contributed by atoms with Crippen LogP contribution < -0.4 is 16.5 Å². The molecule has 33 heavy (non-hydrogen) atoms. The van der Waals surface area contributed by atoms with Crippen LogP contribution in [0.5, 0.6) is 0 Å². The van der Waals surface area contributed by atoms with E-state index < -0.39 is 17.7 Å². The van der Waals surface area contributed by atoms with Crippen molar-refractivity contribution in [2.45, 2.75) is 20.5 Å². The van der Waals surface area contributed by atoms with E-state index in [4.69, 9.17) is 13.9 Å². The van der Waals surface area contributed by atoms with E-state index in [-0.39, 0.29) is 29.2 Å². The second-order valence-electron chi connectivity index (χ2n) is 7.12. The Balaban J connectivity index is 1.60. The van der Waals surface area contributed by atoms with Gasteiger partial charge >= 0.3 is 17.7 Å². The van der Waals surface area contributed by atoms with Crippen LogP contribution in [-0.2, 0) is 23.1 Å². The third-order valence-corrected chi connectivity index (χ3v) is 6.09. The molecule has 1 amide bonds. The number of ether oxygens (including phenoxy) is 2. The number of aryl methyl sites for hydroxylation is 2. The minimum atomic E-state index is -0.632. The highest BCUT2D eigenvalue weighted by atomic mass is 32.1. The molecular formula is C22H19N3O7S. The summed E-state index contributed by atoms with van der Waals surface area (Å²) in [6, 6.07) is 5.98. The number of carbonyl (C=O) groups excluding carboxylic acids is 2. The normalized spacial score (nSPS) is 11.0. The summed E-state index contributed by atoms with van der Waals surface area (Å²) in [5, 5.41) is 3.45. The molecule has 0 spiro atoms. The molecule has 0 bridgehead atoms. The Kier molecular flexibility index (Phi) is 5.97. The number of benzene rings is 1. The Hall–Kier alpha value is -3.99. The molecule has 3 heterocycles. The van der Waals surface area contributed by atoms with Gasteiger partial charge in [0.15, 0.2) is 0 Å². The van der Waals surface area contributed by atoms with Gasteiger partial charge in [0.05, 0.1) is 18.3 Å². The summed E-state index contributed by atoms with van der Waals surface area (Å²) in [5.41, 5.74) is 0.659. The molecule has 10 nitrogen and oxygen atoms in total. The Bertz CT molecular complexity index is 1520. The summed E-state index contributed by atoms with van der Waals surface area (Å²) < 4.78 is 16.9. The fourth-order valence-electron chi connectivity index (χ4n) is 3.32. The number of fused-ring (bicyclic) bond motifs is 2.